The average Bonchev–Trinajstić information content (AvgIpc) is 2.90. The molecule has 0 aliphatic carbocycles. The van der Waals surface area contributed by atoms with Gasteiger partial charge in [-0.25, -0.2) is 14.6 Å². The van der Waals surface area contributed by atoms with Gasteiger partial charge in [-0.2, -0.15) is 0 Å². The lowest BCUT2D eigenvalue weighted by Crippen LogP contribution is -2.28. The fraction of sp³-hybridized carbons (Fsp3) is 0.0833. The molecule has 1 heterocycles. The maximum atomic E-state index is 11.6. The quantitative estimate of drug-likeness (QED) is 0.667. The molecular weight excluding hydrogens is 248 g/mol. The molecule has 0 unspecified atom stereocenters. The number of H-pyrrole nitrogens is 1. The van der Waals surface area contributed by atoms with Gasteiger partial charge in [-0.3, -0.25) is 0 Å². The van der Waals surface area contributed by atoms with Crippen LogP contribution in [0, 0.1) is 0 Å². The number of imidazole rings is 1. The molecule has 4 N–H and O–H groups in total. The number of anilines is 1. The zero-order valence-corrected chi connectivity index (χ0v) is 9.88. The van der Waals surface area contributed by atoms with Gasteiger partial charge >= 0.3 is 12.0 Å². The van der Waals surface area contributed by atoms with E-state index < -0.39 is 12.0 Å². The molecule has 7 heteroatoms. The highest BCUT2D eigenvalue weighted by Gasteiger charge is 2.06. The second kappa shape index (κ2) is 5.67. The molecular formula is C12H12N4O3. The van der Waals surface area contributed by atoms with Crippen LogP contribution in [0.3, 0.4) is 0 Å². The van der Waals surface area contributed by atoms with Crippen LogP contribution in [-0.4, -0.2) is 27.1 Å². The second-order valence-corrected chi connectivity index (χ2v) is 3.77. The van der Waals surface area contributed by atoms with Gasteiger partial charge in [0.05, 0.1) is 24.1 Å². The third-order valence-electron chi connectivity index (χ3n) is 2.36. The molecule has 0 aliphatic rings. The van der Waals surface area contributed by atoms with Crippen LogP contribution in [0.25, 0.3) is 0 Å². The number of amides is 2. The molecule has 0 saturated heterocycles. The molecule has 0 fully saturated rings. The van der Waals surface area contributed by atoms with Crippen LogP contribution >= 0.6 is 0 Å². The first-order chi connectivity index (χ1) is 9.15. The van der Waals surface area contributed by atoms with Gasteiger partial charge in [-0.1, -0.05) is 6.07 Å². The summed E-state index contributed by atoms with van der Waals surface area (Å²) in [6, 6.07) is 5.60. The number of aromatic amines is 1. The molecule has 0 saturated carbocycles. The number of carboxylic acid groups (broad SMARTS) is 1. The number of carboxylic acids is 1. The Labute approximate surface area is 108 Å². The Kier molecular flexibility index (Phi) is 3.77. The van der Waals surface area contributed by atoms with E-state index >= 15 is 0 Å². The van der Waals surface area contributed by atoms with Crippen LogP contribution in [0.1, 0.15) is 16.1 Å². The van der Waals surface area contributed by atoms with E-state index in [0.717, 1.165) is 5.69 Å². The summed E-state index contributed by atoms with van der Waals surface area (Å²) >= 11 is 0. The second-order valence-electron chi connectivity index (χ2n) is 3.77. The summed E-state index contributed by atoms with van der Waals surface area (Å²) < 4.78 is 0. The topological polar surface area (TPSA) is 107 Å². The summed E-state index contributed by atoms with van der Waals surface area (Å²) in [4.78, 5) is 29.0. The van der Waals surface area contributed by atoms with E-state index in [1.165, 1.54) is 18.5 Å². The van der Waals surface area contributed by atoms with Crippen LogP contribution in [0.4, 0.5) is 10.5 Å². The van der Waals surface area contributed by atoms with Crippen molar-refractivity contribution in [3.8, 4) is 0 Å². The molecule has 0 aliphatic heterocycles. The number of carbonyl (C=O) groups excluding carboxylic acids is 1. The predicted octanol–water partition coefficient (Wildman–Crippen LogP) is 1.43. The van der Waals surface area contributed by atoms with Gasteiger partial charge in [0, 0.05) is 11.9 Å². The highest BCUT2D eigenvalue weighted by atomic mass is 16.4. The van der Waals surface area contributed by atoms with E-state index in [4.69, 9.17) is 5.11 Å². The minimum Gasteiger partial charge on any atom is -0.478 e. The lowest BCUT2D eigenvalue weighted by molar-refractivity contribution is 0.0697. The number of carbonyl (C=O) groups is 2. The van der Waals surface area contributed by atoms with Crippen molar-refractivity contribution in [3.05, 3.63) is 48.0 Å². The average molecular weight is 260 g/mol. The summed E-state index contributed by atoms with van der Waals surface area (Å²) in [5.41, 5.74) is 1.31. The van der Waals surface area contributed by atoms with Gasteiger partial charge in [-0.05, 0) is 18.2 Å². The Morgan fingerprint density at radius 3 is 2.89 bits per heavy atom. The molecule has 0 radical (unpaired) electrons. The highest BCUT2D eigenvalue weighted by molar-refractivity contribution is 5.93. The molecule has 0 atom stereocenters. The van der Waals surface area contributed by atoms with Crippen molar-refractivity contribution in [3.63, 3.8) is 0 Å². The third-order valence-corrected chi connectivity index (χ3v) is 2.36. The fourth-order valence-corrected chi connectivity index (χ4v) is 1.46. The maximum absolute atomic E-state index is 11.6. The number of nitrogens with one attached hydrogen (secondary N) is 3. The first kappa shape index (κ1) is 12.6. The molecule has 2 aromatic rings. The molecule has 19 heavy (non-hydrogen) atoms. The minimum absolute atomic E-state index is 0.117. The minimum atomic E-state index is -1.04. The summed E-state index contributed by atoms with van der Waals surface area (Å²) in [6.07, 6.45) is 3.12. The summed E-state index contributed by atoms with van der Waals surface area (Å²) in [6.45, 7) is 0.310. The van der Waals surface area contributed by atoms with E-state index in [1.54, 1.807) is 18.3 Å². The number of aromatic carboxylic acids is 1. The molecule has 98 valence electrons. The first-order valence-corrected chi connectivity index (χ1v) is 5.50. The highest BCUT2D eigenvalue weighted by Crippen LogP contribution is 2.10. The van der Waals surface area contributed by atoms with Gasteiger partial charge in [0.2, 0.25) is 0 Å². The number of aromatic nitrogens is 2. The van der Waals surface area contributed by atoms with Gasteiger partial charge in [-0.15, -0.1) is 0 Å². The summed E-state index contributed by atoms with van der Waals surface area (Å²) in [7, 11) is 0. The van der Waals surface area contributed by atoms with Gasteiger partial charge in [0.25, 0.3) is 0 Å². The number of hydrogen-bond acceptors (Lipinski definition) is 3. The van der Waals surface area contributed by atoms with Crippen molar-refractivity contribution >= 4 is 17.7 Å². The fourth-order valence-electron chi connectivity index (χ4n) is 1.46. The van der Waals surface area contributed by atoms with Crippen molar-refractivity contribution in [2.45, 2.75) is 6.54 Å². The van der Waals surface area contributed by atoms with Gasteiger partial charge in [0.1, 0.15) is 0 Å². The molecule has 0 bridgehead atoms. The largest absolute Gasteiger partial charge is 0.478 e. The SMILES string of the molecule is O=C(NCc1cnc[nH]1)Nc1cccc(C(=O)O)c1. The van der Waals surface area contributed by atoms with Crippen molar-refractivity contribution in [1.29, 1.82) is 0 Å². The molecule has 1 aromatic heterocycles. The van der Waals surface area contributed by atoms with Crippen LogP contribution < -0.4 is 10.6 Å². The molecule has 1 aromatic carbocycles. The normalized spacial score (nSPS) is 9.89. The van der Waals surface area contributed by atoms with E-state index in [-0.39, 0.29) is 5.56 Å². The predicted molar refractivity (Wildman–Crippen MR) is 67.8 cm³/mol. The molecule has 2 amide bonds. The summed E-state index contributed by atoms with van der Waals surface area (Å²) in [5, 5.41) is 14.0. The Hall–Kier alpha value is -2.83. The standard InChI is InChI=1S/C12H12N4O3/c17-11(18)8-2-1-3-9(4-8)16-12(19)14-6-10-5-13-7-15-10/h1-5,7H,6H2,(H,13,15)(H,17,18)(H2,14,16,19). The van der Waals surface area contributed by atoms with E-state index in [0.29, 0.717) is 12.2 Å². The molecule has 7 nitrogen and oxygen atoms in total. The number of rotatable bonds is 4. The lowest BCUT2D eigenvalue weighted by atomic mass is 10.2. The van der Waals surface area contributed by atoms with Crippen LogP contribution in [-0.2, 0) is 6.54 Å². The van der Waals surface area contributed by atoms with Crippen LogP contribution in [0.15, 0.2) is 36.8 Å². The van der Waals surface area contributed by atoms with Crippen molar-refractivity contribution in [1.82, 2.24) is 15.3 Å². The monoisotopic (exact) mass is 260 g/mol. The summed E-state index contributed by atoms with van der Waals surface area (Å²) in [5.74, 6) is -1.04. The maximum Gasteiger partial charge on any atom is 0.335 e. The number of urea groups is 1. The Balaban J connectivity index is 1.91. The zero-order chi connectivity index (χ0) is 13.7. The Morgan fingerprint density at radius 1 is 1.37 bits per heavy atom. The van der Waals surface area contributed by atoms with Crippen molar-refractivity contribution < 1.29 is 14.7 Å². The first-order valence-electron chi connectivity index (χ1n) is 5.50. The number of benzene rings is 1. The molecule has 2 rings (SSSR count). The smallest absolute Gasteiger partial charge is 0.335 e. The van der Waals surface area contributed by atoms with E-state index in [1.807, 2.05) is 0 Å². The van der Waals surface area contributed by atoms with E-state index in [2.05, 4.69) is 20.6 Å². The Bertz CT molecular complexity index is 580. The van der Waals surface area contributed by atoms with Gasteiger partial charge < -0.3 is 20.7 Å². The van der Waals surface area contributed by atoms with Crippen LogP contribution in [0.5, 0.6) is 0 Å². The zero-order valence-electron chi connectivity index (χ0n) is 9.88. The molecule has 0 spiro atoms. The van der Waals surface area contributed by atoms with Crippen molar-refractivity contribution in [2.75, 3.05) is 5.32 Å². The Morgan fingerprint density at radius 2 is 2.21 bits per heavy atom. The van der Waals surface area contributed by atoms with Crippen molar-refractivity contribution in [2.24, 2.45) is 0 Å². The van der Waals surface area contributed by atoms with E-state index in [9.17, 15) is 9.59 Å². The van der Waals surface area contributed by atoms with Gasteiger partial charge in [0.15, 0.2) is 0 Å². The third kappa shape index (κ3) is 3.56. The number of hydrogen-bond donors (Lipinski definition) is 4. The number of nitrogens with zero attached hydrogens (tertiary/aromatic N) is 1. The van der Waals surface area contributed by atoms with Crippen LogP contribution in [0.2, 0.25) is 0 Å². The lowest BCUT2D eigenvalue weighted by Gasteiger charge is -2.07.